The molecule has 26 heavy (non-hydrogen) atoms. The molecule has 0 unspecified atom stereocenters. The molecular weight excluding hydrogens is 342 g/mol. The Labute approximate surface area is 162 Å². The standard InChI is InChI=1S/C21H29N3OS/c1-15(2)16-10-12-17(13-11-16)23-21(26)22-14-19(24(3)4)18-8-6-7-9-20(18)25-5/h6-13,15,19H,14H2,1-5H3,(H2,22,23,26)/t19-/m0/s1. The van der Waals surface area contributed by atoms with Gasteiger partial charge in [-0.3, -0.25) is 0 Å². The number of anilines is 1. The molecule has 2 rings (SSSR count). The van der Waals surface area contributed by atoms with E-state index in [1.807, 2.05) is 18.2 Å². The average molecular weight is 372 g/mol. The number of nitrogens with one attached hydrogen (secondary N) is 2. The Bertz CT molecular complexity index is 713. The Balaban J connectivity index is 1.99. The Kier molecular flexibility index (Phi) is 7.42. The van der Waals surface area contributed by atoms with E-state index in [0.717, 1.165) is 17.0 Å². The second kappa shape index (κ2) is 9.55. The molecule has 0 saturated carbocycles. The van der Waals surface area contributed by atoms with E-state index >= 15 is 0 Å². The van der Waals surface area contributed by atoms with Gasteiger partial charge in [0.25, 0.3) is 0 Å². The molecule has 0 aliphatic heterocycles. The summed E-state index contributed by atoms with van der Waals surface area (Å²) in [4.78, 5) is 2.16. The van der Waals surface area contributed by atoms with Crippen LogP contribution in [0.3, 0.4) is 0 Å². The highest BCUT2D eigenvalue weighted by Gasteiger charge is 2.18. The summed E-state index contributed by atoms with van der Waals surface area (Å²) in [6.45, 7) is 5.06. The van der Waals surface area contributed by atoms with Gasteiger partial charge in [0.2, 0.25) is 0 Å². The molecule has 5 heteroatoms. The molecule has 0 aliphatic rings. The largest absolute Gasteiger partial charge is 0.496 e. The van der Waals surface area contributed by atoms with Gasteiger partial charge in [-0.15, -0.1) is 0 Å². The average Bonchev–Trinajstić information content (AvgIpc) is 2.62. The van der Waals surface area contributed by atoms with E-state index in [0.29, 0.717) is 17.6 Å². The SMILES string of the molecule is COc1ccccc1[C@H](CNC(=S)Nc1ccc(C(C)C)cc1)N(C)C. The van der Waals surface area contributed by atoms with Crippen molar-refractivity contribution in [1.29, 1.82) is 0 Å². The van der Waals surface area contributed by atoms with Crippen LogP contribution in [0.1, 0.15) is 36.9 Å². The number of hydrogen-bond acceptors (Lipinski definition) is 3. The number of para-hydroxylation sites is 1. The van der Waals surface area contributed by atoms with Crippen molar-refractivity contribution in [1.82, 2.24) is 10.2 Å². The van der Waals surface area contributed by atoms with Gasteiger partial charge in [-0.2, -0.15) is 0 Å². The van der Waals surface area contributed by atoms with Gasteiger partial charge in [0.05, 0.1) is 13.2 Å². The summed E-state index contributed by atoms with van der Waals surface area (Å²) >= 11 is 5.46. The van der Waals surface area contributed by atoms with Crippen molar-refractivity contribution in [2.45, 2.75) is 25.8 Å². The fraction of sp³-hybridized carbons (Fsp3) is 0.381. The van der Waals surface area contributed by atoms with Gasteiger partial charge in [-0.25, -0.2) is 0 Å². The van der Waals surface area contributed by atoms with Crippen LogP contribution >= 0.6 is 12.2 Å². The zero-order valence-electron chi connectivity index (χ0n) is 16.2. The molecular formula is C21H29N3OS. The third-order valence-corrected chi connectivity index (χ3v) is 4.66. The second-order valence-corrected chi connectivity index (χ2v) is 7.24. The Morgan fingerprint density at radius 3 is 2.31 bits per heavy atom. The summed E-state index contributed by atoms with van der Waals surface area (Å²) in [5.74, 6) is 1.41. The predicted molar refractivity (Wildman–Crippen MR) is 114 cm³/mol. The number of nitrogens with zero attached hydrogens (tertiary/aromatic N) is 1. The first-order valence-electron chi connectivity index (χ1n) is 8.86. The minimum Gasteiger partial charge on any atom is -0.496 e. The van der Waals surface area contributed by atoms with Crippen LogP contribution in [0.25, 0.3) is 0 Å². The second-order valence-electron chi connectivity index (χ2n) is 6.83. The topological polar surface area (TPSA) is 36.5 Å². The van der Waals surface area contributed by atoms with Gasteiger partial charge < -0.3 is 20.3 Å². The Hall–Kier alpha value is -2.11. The predicted octanol–water partition coefficient (Wildman–Crippen LogP) is 4.41. The number of ether oxygens (including phenoxy) is 1. The van der Waals surface area contributed by atoms with Crippen LogP contribution in [0.4, 0.5) is 5.69 Å². The van der Waals surface area contributed by atoms with Crippen LogP contribution in [0.2, 0.25) is 0 Å². The smallest absolute Gasteiger partial charge is 0.170 e. The van der Waals surface area contributed by atoms with Crippen molar-refractivity contribution >= 4 is 23.0 Å². The van der Waals surface area contributed by atoms with Crippen LogP contribution in [0, 0.1) is 0 Å². The van der Waals surface area contributed by atoms with Gasteiger partial charge in [0.1, 0.15) is 5.75 Å². The summed E-state index contributed by atoms with van der Waals surface area (Å²) in [5.41, 5.74) is 3.44. The van der Waals surface area contributed by atoms with E-state index in [2.05, 4.69) is 73.8 Å². The summed E-state index contributed by atoms with van der Waals surface area (Å²) < 4.78 is 5.51. The highest BCUT2D eigenvalue weighted by atomic mass is 32.1. The number of benzene rings is 2. The highest BCUT2D eigenvalue weighted by molar-refractivity contribution is 7.80. The zero-order chi connectivity index (χ0) is 19.1. The molecule has 4 nitrogen and oxygen atoms in total. The van der Waals surface area contributed by atoms with E-state index in [1.54, 1.807) is 7.11 Å². The van der Waals surface area contributed by atoms with Crippen LogP contribution in [-0.2, 0) is 0 Å². The molecule has 0 bridgehead atoms. The molecule has 0 saturated heterocycles. The third-order valence-electron chi connectivity index (χ3n) is 4.41. The lowest BCUT2D eigenvalue weighted by Crippen LogP contribution is -2.36. The van der Waals surface area contributed by atoms with E-state index in [4.69, 9.17) is 17.0 Å². The molecule has 2 aromatic rings. The summed E-state index contributed by atoms with van der Waals surface area (Å²) in [6, 6.07) is 16.6. The number of rotatable bonds is 7. The summed E-state index contributed by atoms with van der Waals surface area (Å²) in [6.07, 6.45) is 0. The highest BCUT2D eigenvalue weighted by Crippen LogP contribution is 2.27. The fourth-order valence-corrected chi connectivity index (χ4v) is 3.03. The fourth-order valence-electron chi connectivity index (χ4n) is 2.83. The summed E-state index contributed by atoms with van der Waals surface area (Å²) in [5, 5.41) is 7.19. The monoisotopic (exact) mass is 371 g/mol. The lowest BCUT2D eigenvalue weighted by Gasteiger charge is -2.27. The molecule has 0 fully saturated rings. The summed E-state index contributed by atoms with van der Waals surface area (Å²) in [7, 11) is 5.81. The van der Waals surface area contributed by atoms with Gasteiger partial charge in [0, 0.05) is 17.8 Å². The van der Waals surface area contributed by atoms with Crippen molar-refractivity contribution in [3.63, 3.8) is 0 Å². The van der Waals surface area contributed by atoms with Crippen molar-refractivity contribution < 1.29 is 4.74 Å². The van der Waals surface area contributed by atoms with Crippen LogP contribution < -0.4 is 15.4 Å². The van der Waals surface area contributed by atoms with Gasteiger partial charge in [0.15, 0.2) is 5.11 Å². The molecule has 140 valence electrons. The molecule has 0 radical (unpaired) electrons. The minimum absolute atomic E-state index is 0.147. The van der Waals surface area contributed by atoms with Crippen molar-refractivity contribution in [3.8, 4) is 5.75 Å². The Morgan fingerprint density at radius 1 is 1.08 bits per heavy atom. The third kappa shape index (κ3) is 5.44. The lowest BCUT2D eigenvalue weighted by molar-refractivity contribution is 0.288. The first-order valence-corrected chi connectivity index (χ1v) is 9.27. The quantitative estimate of drug-likeness (QED) is 0.705. The molecule has 0 heterocycles. The molecule has 0 aliphatic carbocycles. The zero-order valence-corrected chi connectivity index (χ0v) is 17.1. The van der Waals surface area contributed by atoms with Crippen LogP contribution in [0.15, 0.2) is 48.5 Å². The number of methoxy groups -OCH3 is 1. The number of likely N-dealkylation sites (N-methyl/N-ethyl adjacent to an activating group) is 1. The maximum Gasteiger partial charge on any atom is 0.170 e. The number of thiocarbonyl (C=S) groups is 1. The van der Waals surface area contributed by atoms with E-state index in [-0.39, 0.29) is 6.04 Å². The maximum absolute atomic E-state index is 5.51. The van der Waals surface area contributed by atoms with E-state index < -0.39 is 0 Å². The molecule has 0 amide bonds. The van der Waals surface area contributed by atoms with Gasteiger partial charge in [-0.05, 0) is 56.0 Å². The van der Waals surface area contributed by atoms with Crippen molar-refractivity contribution in [2.75, 3.05) is 33.1 Å². The lowest BCUT2D eigenvalue weighted by atomic mass is 10.0. The van der Waals surface area contributed by atoms with Gasteiger partial charge >= 0.3 is 0 Å². The van der Waals surface area contributed by atoms with Crippen molar-refractivity contribution in [2.24, 2.45) is 0 Å². The molecule has 0 aromatic heterocycles. The molecule has 2 aromatic carbocycles. The van der Waals surface area contributed by atoms with E-state index in [9.17, 15) is 0 Å². The minimum atomic E-state index is 0.147. The molecule has 1 atom stereocenters. The van der Waals surface area contributed by atoms with Crippen LogP contribution in [-0.4, -0.2) is 37.8 Å². The van der Waals surface area contributed by atoms with E-state index in [1.165, 1.54) is 5.56 Å². The molecule has 2 N–H and O–H groups in total. The number of hydrogen-bond donors (Lipinski definition) is 2. The van der Waals surface area contributed by atoms with Crippen molar-refractivity contribution in [3.05, 3.63) is 59.7 Å². The first kappa shape index (κ1) is 20.2. The van der Waals surface area contributed by atoms with Crippen LogP contribution in [0.5, 0.6) is 5.75 Å². The maximum atomic E-state index is 5.51. The molecule has 0 spiro atoms. The normalized spacial score (nSPS) is 12.1. The first-order chi connectivity index (χ1) is 12.4. The van der Waals surface area contributed by atoms with Gasteiger partial charge in [-0.1, -0.05) is 44.2 Å². The Morgan fingerprint density at radius 2 is 1.73 bits per heavy atom.